The van der Waals surface area contributed by atoms with Crippen molar-refractivity contribution in [3.8, 4) is 0 Å². The summed E-state index contributed by atoms with van der Waals surface area (Å²) in [6.45, 7) is 0. The van der Waals surface area contributed by atoms with Gasteiger partial charge in [0.1, 0.15) is 0 Å². The zero-order valence-electron chi connectivity index (χ0n) is 8.73. The van der Waals surface area contributed by atoms with Crippen molar-refractivity contribution in [2.45, 2.75) is 11.3 Å². The minimum atomic E-state index is -0.233. The summed E-state index contributed by atoms with van der Waals surface area (Å²) in [7, 11) is 1.36. The van der Waals surface area contributed by atoms with Crippen molar-refractivity contribution in [2.24, 2.45) is 0 Å². The van der Waals surface area contributed by atoms with Gasteiger partial charge in [0.05, 0.1) is 18.6 Å². The predicted molar refractivity (Wildman–Crippen MR) is 64.2 cm³/mol. The molecule has 0 heterocycles. The lowest BCUT2D eigenvalue weighted by Gasteiger charge is -2.02. The first-order chi connectivity index (χ1) is 7.67. The third-order valence-corrected chi connectivity index (χ3v) is 3.22. The Balaban J connectivity index is 2.52. The van der Waals surface area contributed by atoms with Crippen molar-refractivity contribution < 1.29 is 14.3 Å². The molecule has 16 heavy (non-hydrogen) atoms. The van der Waals surface area contributed by atoms with Gasteiger partial charge < -0.3 is 4.74 Å². The molecule has 0 unspecified atom stereocenters. The van der Waals surface area contributed by atoms with E-state index in [0.717, 1.165) is 4.90 Å². The van der Waals surface area contributed by atoms with Gasteiger partial charge in [0.2, 0.25) is 0 Å². The van der Waals surface area contributed by atoms with Crippen molar-refractivity contribution in [1.82, 2.24) is 0 Å². The molecular weight excluding hydrogens is 248 g/mol. The maximum atomic E-state index is 10.9. The van der Waals surface area contributed by atoms with E-state index in [-0.39, 0.29) is 5.97 Å². The summed E-state index contributed by atoms with van der Waals surface area (Å²) >= 11 is 7.36. The van der Waals surface area contributed by atoms with Crippen molar-refractivity contribution in [2.75, 3.05) is 12.9 Å². The Morgan fingerprint density at radius 2 is 2.31 bits per heavy atom. The molecule has 0 atom stereocenters. The van der Waals surface area contributed by atoms with E-state index in [4.69, 9.17) is 11.6 Å². The second-order valence-electron chi connectivity index (χ2n) is 2.98. The van der Waals surface area contributed by atoms with Gasteiger partial charge in [-0.3, -0.25) is 9.59 Å². The van der Waals surface area contributed by atoms with Crippen LogP contribution in [-0.4, -0.2) is 25.1 Å². The van der Waals surface area contributed by atoms with Gasteiger partial charge in [-0.05, 0) is 18.2 Å². The average Bonchev–Trinajstić information content (AvgIpc) is 2.29. The highest BCUT2D eigenvalue weighted by Crippen LogP contribution is 2.24. The Morgan fingerprint density at radius 3 is 2.88 bits per heavy atom. The molecule has 0 aromatic heterocycles. The molecule has 86 valence electrons. The summed E-state index contributed by atoms with van der Waals surface area (Å²) in [5, 5.41) is 0.429. The Labute approximate surface area is 103 Å². The summed E-state index contributed by atoms with van der Waals surface area (Å²) in [6, 6.07) is 5.18. The number of benzene rings is 1. The molecule has 0 aliphatic rings. The van der Waals surface area contributed by atoms with Gasteiger partial charge in [-0.1, -0.05) is 11.6 Å². The number of ether oxygens (including phenoxy) is 1. The summed E-state index contributed by atoms with van der Waals surface area (Å²) in [6.07, 6.45) is 1.07. The van der Waals surface area contributed by atoms with Crippen LogP contribution in [0.3, 0.4) is 0 Å². The highest BCUT2D eigenvalue weighted by molar-refractivity contribution is 7.99. The third-order valence-electron chi connectivity index (χ3n) is 1.90. The van der Waals surface area contributed by atoms with Crippen LogP contribution in [0.15, 0.2) is 23.1 Å². The van der Waals surface area contributed by atoms with Crippen LogP contribution in [0.25, 0.3) is 0 Å². The maximum absolute atomic E-state index is 10.9. The van der Waals surface area contributed by atoms with E-state index in [0.29, 0.717) is 29.0 Å². The normalized spacial score (nSPS) is 9.88. The molecule has 5 heteroatoms. The zero-order valence-corrected chi connectivity index (χ0v) is 10.3. The Hall–Kier alpha value is -1.00. The van der Waals surface area contributed by atoms with Crippen LogP contribution in [0.2, 0.25) is 5.02 Å². The summed E-state index contributed by atoms with van der Waals surface area (Å²) in [5.41, 5.74) is 0.471. The molecule has 0 saturated carbocycles. The molecule has 1 rings (SSSR count). The average molecular weight is 259 g/mol. The number of esters is 1. The number of hydrogen-bond acceptors (Lipinski definition) is 4. The smallest absolute Gasteiger partial charge is 0.306 e. The van der Waals surface area contributed by atoms with Crippen LogP contribution in [0, 0.1) is 0 Å². The van der Waals surface area contributed by atoms with Gasteiger partial charge in [0.15, 0.2) is 6.29 Å². The number of hydrogen-bond donors (Lipinski definition) is 0. The highest BCUT2D eigenvalue weighted by Gasteiger charge is 2.03. The minimum absolute atomic E-state index is 0.233. The number of carbonyl (C=O) groups is 2. The Kier molecular flexibility index (Phi) is 5.35. The number of rotatable bonds is 5. The van der Waals surface area contributed by atoms with E-state index in [1.807, 2.05) is 0 Å². The lowest BCUT2D eigenvalue weighted by Crippen LogP contribution is -2.00. The van der Waals surface area contributed by atoms with Gasteiger partial charge >= 0.3 is 5.97 Å². The molecule has 3 nitrogen and oxygen atoms in total. The van der Waals surface area contributed by atoms with Crippen molar-refractivity contribution in [3.05, 3.63) is 28.8 Å². The standard InChI is InChI=1S/C11H11ClO3S/c1-15-11(14)4-5-16-9-3-2-8(7-13)10(12)6-9/h2-3,6-7H,4-5H2,1H3. The first kappa shape index (κ1) is 13.1. The molecule has 0 amide bonds. The fourth-order valence-electron chi connectivity index (χ4n) is 1.05. The molecule has 1 aromatic rings. The van der Waals surface area contributed by atoms with Crippen LogP contribution in [0.4, 0.5) is 0 Å². The van der Waals surface area contributed by atoms with Crippen LogP contribution < -0.4 is 0 Å². The molecule has 0 aliphatic heterocycles. The molecule has 0 spiro atoms. The quantitative estimate of drug-likeness (QED) is 0.463. The molecule has 0 N–H and O–H groups in total. The predicted octanol–water partition coefficient (Wildman–Crippen LogP) is 2.81. The van der Waals surface area contributed by atoms with E-state index in [2.05, 4.69) is 4.74 Å². The van der Waals surface area contributed by atoms with E-state index in [1.165, 1.54) is 18.9 Å². The Morgan fingerprint density at radius 1 is 1.56 bits per heavy atom. The highest BCUT2D eigenvalue weighted by atomic mass is 35.5. The molecule has 1 aromatic carbocycles. The Bertz CT molecular complexity index is 393. The van der Waals surface area contributed by atoms with E-state index in [1.54, 1.807) is 18.2 Å². The van der Waals surface area contributed by atoms with Gasteiger partial charge in [0, 0.05) is 16.2 Å². The maximum Gasteiger partial charge on any atom is 0.306 e. The van der Waals surface area contributed by atoms with Crippen molar-refractivity contribution in [3.63, 3.8) is 0 Å². The third kappa shape index (κ3) is 3.87. The largest absolute Gasteiger partial charge is 0.469 e. The first-order valence-electron chi connectivity index (χ1n) is 4.61. The van der Waals surface area contributed by atoms with Crippen LogP contribution >= 0.6 is 23.4 Å². The van der Waals surface area contributed by atoms with Crippen LogP contribution in [0.1, 0.15) is 16.8 Å². The second-order valence-corrected chi connectivity index (χ2v) is 4.55. The number of halogens is 1. The van der Waals surface area contributed by atoms with E-state index < -0.39 is 0 Å². The van der Waals surface area contributed by atoms with Crippen LogP contribution in [-0.2, 0) is 9.53 Å². The molecule has 0 bridgehead atoms. The van der Waals surface area contributed by atoms with Crippen LogP contribution in [0.5, 0.6) is 0 Å². The number of aldehydes is 1. The summed E-state index contributed by atoms with van der Waals surface area (Å²) in [4.78, 5) is 22.3. The van der Waals surface area contributed by atoms with E-state index in [9.17, 15) is 9.59 Å². The SMILES string of the molecule is COC(=O)CCSc1ccc(C=O)c(Cl)c1. The monoisotopic (exact) mass is 258 g/mol. The van der Waals surface area contributed by atoms with Gasteiger partial charge in [-0.25, -0.2) is 0 Å². The van der Waals surface area contributed by atoms with Gasteiger partial charge in [0.25, 0.3) is 0 Å². The molecule has 0 saturated heterocycles. The molecule has 0 fully saturated rings. The zero-order chi connectivity index (χ0) is 12.0. The number of methoxy groups -OCH3 is 1. The van der Waals surface area contributed by atoms with Gasteiger partial charge in [-0.15, -0.1) is 11.8 Å². The lowest BCUT2D eigenvalue weighted by atomic mass is 10.2. The van der Waals surface area contributed by atoms with Crippen molar-refractivity contribution in [1.29, 1.82) is 0 Å². The molecule has 0 aliphatic carbocycles. The fourth-order valence-corrected chi connectivity index (χ4v) is 2.21. The number of thioether (sulfide) groups is 1. The van der Waals surface area contributed by atoms with E-state index >= 15 is 0 Å². The lowest BCUT2D eigenvalue weighted by molar-refractivity contribution is -0.140. The second kappa shape index (κ2) is 6.55. The first-order valence-corrected chi connectivity index (χ1v) is 5.98. The number of carbonyl (C=O) groups excluding carboxylic acids is 2. The minimum Gasteiger partial charge on any atom is -0.469 e. The fraction of sp³-hybridized carbons (Fsp3) is 0.273. The molecular formula is C11H11ClO3S. The van der Waals surface area contributed by atoms with Crippen molar-refractivity contribution >= 4 is 35.6 Å². The molecule has 0 radical (unpaired) electrons. The van der Waals surface area contributed by atoms with Gasteiger partial charge in [-0.2, -0.15) is 0 Å². The topological polar surface area (TPSA) is 43.4 Å². The summed E-state index contributed by atoms with van der Waals surface area (Å²) in [5.74, 6) is 0.395. The summed E-state index contributed by atoms with van der Waals surface area (Å²) < 4.78 is 4.52.